The maximum atomic E-state index is 14.2. The fraction of sp³-hybridized carbons (Fsp3) is 0.879. The molecule has 1 saturated heterocycles. The Hall–Kier alpha value is -1.60. The van der Waals surface area contributed by atoms with Crippen molar-refractivity contribution >= 4 is 23.3 Å². The van der Waals surface area contributed by atoms with Crippen LogP contribution in [0, 0.1) is 64.6 Å². The standard InChI is InChI=1S/C33H46O7/c1-16-30(39-9-5-8-38-16)24-20-7-6-19(15-20)23(24)25-26(28(35)29(36)27(25)34)32(2,3)31(37)40-33(4)21-11-17-10-18(13-21)14-22(33)12-17/h16-26,30H,5-15H2,1-4H3. The van der Waals surface area contributed by atoms with Crippen molar-refractivity contribution in [3.8, 4) is 0 Å². The first-order valence-corrected chi connectivity index (χ1v) is 16.1. The van der Waals surface area contributed by atoms with Gasteiger partial charge in [0.1, 0.15) is 5.60 Å². The molecule has 8 atom stereocenters. The summed E-state index contributed by atoms with van der Waals surface area (Å²) >= 11 is 0. The lowest BCUT2D eigenvalue weighted by Crippen LogP contribution is -2.59. The highest BCUT2D eigenvalue weighted by Gasteiger charge is 2.66. The molecule has 0 aromatic heterocycles. The van der Waals surface area contributed by atoms with E-state index in [0.29, 0.717) is 31.0 Å². The molecule has 7 aliphatic carbocycles. The van der Waals surface area contributed by atoms with Crippen molar-refractivity contribution in [2.24, 2.45) is 64.6 Å². The van der Waals surface area contributed by atoms with Gasteiger partial charge in [-0.05, 0) is 133 Å². The average molecular weight is 555 g/mol. The van der Waals surface area contributed by atoms with Crippen LogP contribution in [-0.4, -0.2) is 54.3 Å². The van der Waals surface area contributed by atoms with Crippen LogP contribution < -0.4 is 0 Å². The van der Waals surface area contributed by atoms with Gasteiger partial charge in [0.2, 0.25) is 11.6 Å². The molecule has 0 N–H and O–H groups in total. The zero-order chi connectivity index (χ0) is 28.1. The molecule has 40 heavy (non-hydrogen) atoms. The van der Waals surface area contributed by atoms with Crippen molar-refractivity contribution in [2.75, 3.05) is 13.2 Å². The highest BCUT2D eigenvalue weighted by atomic mass is 16.6. The van der Waals surface area contributed by atoms with Crippen molar-refractivity contribution in [3.05, 3.63) is 0 Å². The molecule has 8 rings (SSSR count). The molecule has 7 heteroatoms. The fourth-order valence-electron chi connectivity index (χ4n) is 11.2. The molecule has 6 bridgehead atoms. The summed E-state index contributed by atoms with van der Waals surface area (Å²) in [6.45, 7) is 8.88. The highest BCUT2D eigenvalue weighted by Crippen LogP contribution is 2.62. The molecule has 0 aromatic rings. The quantitative estimate of drug-likeness (QED) is 0.363. The first-order valence-electron chi connectivity index (χ1n) is 16.1. The summed E-state index contributed by atoms with van der Waals surface area (Å²) in [6, 6.07) is 0. The van der Waals surface area contributed by atoms with Gasteiger partial charge in [-0.3, -0.25) is 19.2 Å². The molecule has 0 spiro atoms. The molecule has 220 valence electrons. The number of carbonyl (C=O) groups excluding carboxylic acids is 4. The zero-order valence-corrected chi connectivity index (χ0v) is 24.6. The van der Waals surface area contributed by atoms with Gasteiger partial charge in [-0.15, -0.1) is 0 Å². The summed E-state index contributed by atoms with van der Waals surface area (Å²) in [5, 5.41) is 0. The number of hydrogen-bond donors (Lipinski definition) is 0. The van der Waals surface area contributed by atoms with Crippen LogP contribution in [0.1, 0.15) is 85.5 Å². The number of hydrogen-bond acceptors (Lipinski definition) is 7. The Morgan fingerprint density at radius 2 is 1.45 bits per heavy atom. The number of ketones is 3. The second-order valence-corrected chi connectivity index (χ2v) is 15.4. The topological polar surface area (TPSA) is 96.0 Å². The number of ether oxygens (including phenoxy) is 3. The van der Waals surface area contributed by atoms with Crippen LogP contribution in [-0.2, 0) is 33.4 Å². The Bertz CT molecular complexity index is 1080. The maximum absolute atomic E-state index is 14.2. The Morgan fingerprint density at radius 1 is 0.850 bits per heavy atom. The van der Waals surface area contributed by atoms with Gasteiger partial charge < -0.3 is 14.2 Å². The van der Waals surface area contributed by atoms with E-state index < -0.39 is 46.2 Å². The number of rotatable bonds is 5. The van der Waals surface area contributed by atoms with Gasteiger partial charge in [0.05, 0.1) is 23.5 Å². The molecular weight excluding hydrogens is 508 g/mol. The monoisotopic (exact) mass is 554 g/mol. The van der Waals surface area contributed by atoms with Gasteiger partial charge in [-0.1, -0.05) is 0 Å². The maximum Gasteiger partial charge on any atom is 0.312 e. The van der Waals surface area contributed by atoms with Crippen LogP contribution in [0.3, 0.4) is 0 Å². The van der Waals surface area contributed by atoms with Gasteiger partial charge in [-0.2, -0.15) is 0 Å². The average Bonchev–Trinajstić information content (AvgIpc) is 3.52. The first kappa shape index (κ1) is 27.2. The van der Waals surface area contributed by atoms with Crippen LogP contribution in [0.25, 0.3) is 0 Å². The molecule has 1 heterocycles. The van der Waals surface area contributed by atoms with Gasteiger partial charge >= 0.3 is 5.97 Å². The second-order valence-electron chi connectivity index (χ2n) is 15.4. The minimum absolute atomic E-state index is 0.0377. The normalized spacial score (nSPS) is 50.0. The van der Waals surface area contributed by atoms with Crippen LogP contribution in [0.15, 0.2) is 0 Å². The molecule has 8 fully saturated rings. The lowest BCUT2D eigenvalue weighted by molar-refractivity contribution is -0.214. The van der Waals surface area contributed by atoms with E-state index in [0.717, 1.165) is 63.2 Å². The van der Waals surface area contributed by atoms with Crippen molar-refractivity contribution in [1.82, 2.24) is 0 Å². The lowest BCUT2D eigenvalue weighted by atomic mass is 9.50. The van der Waals surface area contributed by atoms with E-state index in [-0.39, 0.29) is 30.0 Å². The van der Waals surface area contributed by atoms with E-state index in [1.807, 2.05) is 6.92 Å². The molecule has 8 aliphatic rings. The van der Waals surface area contributed by atoms with Crippen LogP contribution >= 0.6 is 0 Å². The molecular formula is C33H46O7. The minimum atomic E-state index is -1.28. The van der Waals surface area contributed by atoms with Gasteiger partial charge in [0, 0.05) is 19.1 Å². The predicted octanol–water partition coefficient (Wildman–Crippen LogP) is 4.58. The predicted molar refractivity (Wildman–Crippen MR) is 145 cm³/mol. The zero-order valence-electron chi connectivity index (χ0n) is 24.6. The van der Waals surface area contributed by atoms with E-state index >= 15 is 0 Å². The molecule has 7 saturated carbocycles. The van der Waals surface area contributed by atoms with E-state index in [9.17, 15) is 19.2 Å². The summed E-state index contributed by atoms with van der Waals surface area (Å²) < 4.78 is 18.9. The second kappa shape index (κ2) is 9.45. The number of Topliss-reactive ketones (excluding diaryl/α,β-unsaturated/α-hetero) is 3. The van der Waals surface area contributed by atoms with E-state index in [4.69, 9.17) is 14.2 Å². The van der Waals surface area contributed by atoms with Crippen molar-refractivity contribution in [2.45, 2.75) is 103 Å². The molecule has 0 amide bonds. The Labute approximate surface area is 237 Å². The van der Waals surface area contributed by atoms with Gasteiger partial charge in [0.15, 0.2) is 0 Å². The fourth-order valence-corrected chi connectivity index (χ4v) is 11.2. The third kappa shape index (κ3) is 3.88. The Morgan fingerprint density at radius 3 is 2.10 bits per heavy atom. The van der Waals surface area contributed by atoms with Crippen molar-refractivity contribution in [1.29, 1.82) is 0 Å². The Kier molecular flexibility index (Phi) is 6.44. The van der Waals surface area contributed by atoms with E-state index in [2.05, 4.69) is 6.92 Å². The summed E-state index contributed by atoms with van der Waals surface area (Å²) in [7, 11) is 0. The molecule has 0 aromatic carbocycles. The van der Waals surface area contributed by atoms with Crippen LogP contribution in [0.5, 0.6) is 0 Å². The smallest absolute Gasteiger partial charge is 0.312 e. The van der Waals surface area contributed by atoms with E-state index in [1.54, 1.807) is 13.8 Å². The summed E-state index contributed by atoms with van der Waals surface area (Å²) in [6.07, 6.45) is 9.30. The van der Waals surface area contributed by atoms with Crippen LogP contribution in [0.2, 0.25) is 0 Å². The highest BCUT2D eigenvalue weighted by molar-refractivity contribution is 6.68. The number of esters is 1. The molecule has 8 unspecified atom stereocenters. The van der Waals surface area contributed by atoms with Crippen molar-refractivity contribution in [3.63, 3.8) is 0 Å². The summed E-state index contributed by atoms with van der Waals surface area (Å²) in [4.78, 5) is 54.6. The largest absolute Gasteiger partial charge is 0.458 e. The van der Waals surface area contributed by atoms with Gasteiger partial charge in [0.25, 0.3) is 5.78 Å². The van der Waals surface area contributed by atoms with Crippen molar-refractivity contribution < 1.29 is 33.4 Å². The Balaban J connectivity index is 1.20. The molecule has 7 nitrogen and oxygen atoms in total. The molecule has 1 aliphatic heterocycles. The summed E-state index contributed by atoms with van der Waals surface area (Å²) in [5.74, 6) is -1.74. The summed E-state index contributed by atoms with van der Waals surface area (Å²) in [5.41, 5.74) is -1.82. The third-order valence-electron chi connectivity index (χ3n) is 13.1. The van der Waals surface area contributed by atoms with E-state index in [1.165, 1.54) is 6.42 Å². The third-order valence-corrected chi connectivity index (χ3v) is 13.1. The number of fused-ring (bicyclic) bond motifs is 2. The lowest BCUT2D eigenvalue weighted by Gasteiger charge is -2.59. The molecule has 0 radical (unpaired) electrons. The minimum Gasteiger partial charge on any atom is -0.458 e. The van der Waals surface area contributed by atoms with Crippen LogP contribution in [0.4, 0.5) is 0 Å². The van der Waals surface area contributed by atoms with Gasteiger partial charge in [-0.25, -0.2) is 0 Å². The first-order chi connectivity index (χ1) is 19.0. The SMILES string of the molecule is CC1OCCCOC1C1C2CCC(C2)C1C1C(=O)C(=O)C(=O)C1C(C)(C)C(=O)OC1(C)C2CC3CC(C2)CC1C3. The number of carbonyl (C=O) groups is 4.